The zero-order chi connectivity index (χ0) is 24.2. The second-order valence-electron chi connectivity index (χ2n) is 8.86. The molecule has 2 aliphatic carbocycles. The molecule has 182 valence electrons. The van der Waals surface area contributed by atoms with E-state index in [-0.39, 0.29) is 36.0 Å². The van der Waals surface area contributed by atoms with Crippen LogP contribution in [0.15, 0.2) is 24.3 Å². The van der Waals surface area contributed by atoms with Crippen molar-refractivity contribution in [2.24, 2.45) is 5.92 Å². The van der Waals surface area contributed by atoms with Gasteiger partial charge in [-0.2, -0.15) is 0 Å². The van der Waals surface area contributed by atoms with Crippen LogP contribution in [0.25, 0.3) is 0 Å². The fraction of sp³-hybridized carbons (Fsp3) is 0.500. The summed E-state index contributed by atoms with van der Waals surface area (Å²) in [6.45, 7) is 3.62. The third kappa shape index (κ3) is 5.27. The number of hydrogen-bond donors (Lipinski definition) is 1. The Kier molecular flexibility index (Phi) is 7.56. The number of amides is 1. The van der Waals surface area contributed by atoms with Gasteiger partial charge in [0.15, 0.2) is 0 Å². The van der Waals surface area contributed by atoms with Crippen molar-refractivity contribution >= 4 is 34.2 Å². The molecular formula is C26H31NO6S. The molecule has 1 N–H and O–H groups in total. The Morgan fingerprint density at radius 1 is 1.06 bits per heavy atom. The average molecular weight is 486 g/mol. The molecule has 8 heteroatoms. The van der Waals surface area contributed by atoms with Gasteiger partial charge in [0.25, 0.3) is 0 Å². The van der Waals surface area contributed by atoms with Crippen LogP contribution in [0.5, 0.6) is 5.75 Å². The van der Waals surface area contributed by atoms with Crippen molar-refractivity contribution in [3.63, 3.8) is 0 Å². The van der Waals surface area contributed by atoms with Gasteiger partial charge in [0.2, 0.25) is 5.91 Å². The van der Waals surface area contributed by atoms with Gasteiger partial charge in [-0.3, -0.25) is 4.79 Å². The van der Waals surface area contributed by atoms with E-state index in [1.807, 2.05) is 24.3 Å². The van der Waals surface area contributed by atoms with E-state index in [9.17, 15) is 14.4 Å². The molecule has 2 unspecified atom stereocenters. The molecule has 0 saturated heterocycles. The SMILES string of the molecule is CCOC(=O)c1c(NC(=O)C2CC2c2ccc(OC)cc2)sc(C(=O)OC2CCCCC2)c1C. The molecule has 1 heterocycles. The van der Waals surface area contributed by atoms with E-state index < -0.39 is 11.9 Å². The first-order chi connectivity index (χ1) is 16.4. The zero-order valence-electron chi connectivity index (χ0n) is 19.8. The Balaban J connectivity index is 1.50. The third-order valence-corrected chi connectivity index (χ3v) is 7.73. The quantitative estimate of drug-likeness (QED) is 0.499. The highest BCUT2D eigenvalue weighted by Crippen LogP contribution is 2.49. The number of benzene rings is 1. The standard InChI is InChI=1S/C26H31NO6S/c1-4-32-25(29)21-15(2)22(26(30)33-18-8-6-5-7-9-18)34-24(21)27-23(28)20-14-19(20)16-10-12-17(31-3)13-11-16/h10-13,18-20H,4-9,14H2,1-3H3,(H,27,28). The van der Waals surface area contributed by atoms with Gasteiger partial charge in [0.05, 0.1) is 19.3 Å². The highest BCUT2D eigenvalue weighted by molar-refractivity contribution is 7.18. The number of nitrogens with one attached hydrogen (secondary N) is 1. The fourth-order valence-electron chi connectivity index (χ4n) is 4.54. The number of hydrogen-bond acceptors (Lipinski definition) is 7. The van der Waals surface area contributed by atoms with E-state index in [4.69, 9.17) is 14.2 Å². The molecule has 4 rings (SSSR count). The van der Waals surface area contributed by atoms with Crippen molar-refractivity contribution < 1.29 is 28.6 Å². The van der Waals surface area contributed by atoms with Crippen LogP contribution in [0.4, 0.5) is 5.00 Å². The maximum Gasteiger partial charge on any atom is 0.348 e. The smallest absolute Gasteiger partial charge is 0.348 e. The van der Waals surface area contributed by atoms with E-state index in [0.29, 0.717) is 15.4 Å². The number of carbonyl (C=O) groups is 3. The molecule has 1 aromatic heterocycles. The molecule has 0 aliphatic heterocycles. The van der Waals surface area contributed by atoms with E-state index >= 15 is 0 Å². The second-order valence-corrected chi connectivity index (χ2v) is 9.88. The lowest BCUT2D eigenvalue weighted by Crippen LogP contribution is -2.21. The number of thiophene rings is 1. The lowest BCUT2D eigenvalue weighted by atomic mass is 9.98. The number of anilines is 1. The van der Waals surface area contributed by atoms with Gasteiger partial charge in [-0.15, -0.1) is 11.3 Å². The van der Waals surface area contributed by atoms with Gasteiger partial charge in [-0.25, -0.2) is 9.59 Å². The zero-order valence-corrected chi connectivity index (χ0v) is 20.7. The number of rotatable bonds is 8. The minimum Gasteiger partial charge on any atom is -0.497 e. The first-order valence-corrected chi connectivity index (χ1v) is 12.7. The topological polar surface area (TPSA) is 90.9 Å². The molecule has 0 bridgehead atoms. The Morgan fingerprint density at radius 3 is 2.41 bits per heavy atom. The van der Waals surface area contributed by atoms with E-state index in [0.717, 1.165) is 61.2 Å². The summed E-state index contributed by atoms with van der Waals surface area (Å²) < 4.78 is 16.1. The minimum absolute atomic E-state index is 0.0939. The summed E-state index contributed by atoms with van der Waals surface area (Å²) in [4.78, 5) is 39.0. The van der Waals surface area contributed by atoms with Crippen LogP contribution in [-0.4, -0.2) is 37.7 Å². The Bertz CT molecular complexity index is 1050. The number of esters is 2. The van der Waals surface area contributed by atoms with Crippen molar-refractivity contribution in [2.75, 3.05) is 19.0 Å². The molecule has 0 spiro atoms. The number of ether oxygens (including phenoxy) is 3. The molecule has 2 aromatic rings. The predicted octanol–water partition coefficient (Wildman–Crippen LogP) is 5.47. The summed E-state index contributed by atoms with van der Waals surface area (Å²) in [5, 5.41) is 3.24. The molecular weight excluding hydrogens is 454 g/mol. The molecule has 2 aliphatic rings. The molecule has 1 amide bonds. The molecule has 7 nitrogen and oxygen atoms in total. The van der Waals surface area contributed by atoms with Crippen LogP contribution in [0.3, 0.4) is 0 Å². The van der Waals surface area contributed by atoms with Crippen molar-refractivity contribution in [3.05, 3.63) is 45.8 Å². The Labute approximate surface area is 203 Å². The Morgan fingerprint density at radius 2 is 1.76 bits per heavy atom. The molecule has 34 heavy (non-hydrogen) atoms. The lowest BCUT2D eigenvalue weighted by Gasteiger charge is -2.21. The predicted molar refractivity (Wildman–Crippen MR) is 130 cm³/mol. The first-order valence-electron chi connectivity index (χ1n) is 11.9. The maximum absolute atomic E-state index is 13.0. The normalized spacial score (nSPS) is 19.9. The van der Waals surface area contributed by atoms with Crippen molar-refractivity contribution in [3.8, 4) is 5.75 Å². The number of methoxy groups -OCH3 is 1. The van der Waals surface area contributed by atoms with Crippen LogP contribution in [0, 0.1) is 12.8 Å². The minimum atomic E-state index is -0.550. The largest absolute Gasteiger partial charge is 0.497 e. The van der Waals surface area contributed by atoms with Gasteiger partial charge in [0, 0.05) is 5.92 Å². The van der Waals surface area contributed by atoms with Crippen molar-refractivity contribution in [1.29, 1.82) is 0 Å². The van der Waals surface area contributed by atoms with Crippen LogP contribution < -0.4 is 10.1 Å². The van der Waals surface area contributed by atoms with Crippen molar-refractivity contribution in [2.45, 2.75) is 64.4 Å². The summed E-state index contributed by atoms with van der Waals surface area (Å²) in [5.41, 5.74) is 1.80. The summed E-state index contributed by atoms with van der Waals surface area (Å²) in [6, 6.07) is 7.70. The Hall–Kier alpha value is -2.87. The summed E-state index contributed by atoms with van der Waals surface area (Å²) >= 11 is 1.09. The van der Waals surface area contributed by atoms with Crippen LogP contribution >= 0.6 is 11.3 Å². The highest BCUT2D eigenvalue weighted by Gasteiger charge is 2.44. The molecule has 2 fully saturated rings. The monoisotopic (exact) mass is 485 g/mol. The molecule has 2 atom stereocenters. The fourth-order valence-corrected chi connectivity index (χ4v) is 5.62. The summed E-state index contributed by atoms with van der Waals surface area (Å²) in [5.74, 6) is -0.461. The summed E-state index contributed by atoms with van der Waals surface area (Å²) in [7, 11) is 1.62. The van der Waals surface area contributed by atoms with E-state index in [1.165, 1.54) is 0 Å². The van der Waals surface area contributed by atoms with Crippen molar-refractivity contribution in [1.82, 2.24) is 0 Å². The van der Waals surface area contributed by atoms with Gasteiger partial charge in [0.1, 0.15) is 21.7 Å². The first kappa shape index (κ1) is 24.3. The van der Waals surface area contributed by atoms with Gasteiger partial charge in [-0.1, -0.05) is 18.6 Å². The average Bonchev–Trinajstić information content (AvgIpc) is 3.58. The van der Waals surface area contributed by atoms with Gasteiger partial charge >= 0.3 is 11.9 Å². The van der Waals surface area contributed by atoms with Crippen LogP contribution in [0.1, 0.15) is 82.5 Å². The van der Waals surface area contributed by atoms with Crippen LogP contribution in [-0.2, 0) is 14.3 Å². The lowest BCUT2D eigenvalue weighted by molar-refractivity contribution is -0.117. The highest BCUT2D eigenvalue weighted by atomic mass is 32.1. The van der Waals surface area contributed by atoms with Gasteiger partial charge < -0.3 is 19.5 Å². The van der Waals surface area contributed by atoms with Crippen LogP contribution in [0.2, 0.25) is 0 Å². The summed E-state index contributed by atoms with van der Waals surface area (Å²) in [6.07, 6.45) is 5.62. The van der Waals surface area contributed by atoms with E-state index in [1.54, 1.807) is 21.0 Å². The second kappa shape index (κ2) is 10.6. The van der Waals surface area contributed by atoms with Gasteiger partial charge in [-0.05, 0) is 75.1 Å². The molecule has 0 radical (unpaired) electrons. The van der Waals surface area contributed by atoms with E-state index in [2.05, 4.69) is 5.32 Å². The maximum atomic E-state index is 13.0. The molecule has 2 saturated carbocycles. The number of carbonyl (C=O) groups excluding carboxylic acids is 3. The third-order valence-electron chi connectivity index (χ3n) is 6.55. The molecule has 1 aromatic carbocycles.